The zero-order chi connectivity index (χ0) is 16.7. The number of carboxylic acids is 1. The van der Waals surface area contributed by atoms with E-state index in [4.69, 9.17) is 9.84 Å². The number of hydrogen-bond donors (Lipinski definition) is 3. The number of amides is 2. The number of nitrogens with one attached hydrogen (secondary N) is 2. The molecule has 1 aliphatic rings. The van der Waals surface area contributed by atoms with Crippen LogP contribution in [-0.2, 0) is 14.4 Å². The van der Waals surface area contributed by atoms with Gasteiger partial charge in [-0.2, -0.15) is 0 Å². The van der Waals surface area contributed by atoms with Gasteiger partial charge in [0.15, 0.2) is 6.61 Å². The highest BCUT2D eigenvalue weighted by atomic mass is 16.5. The molecule has 7 heteroatoms. The van der Waals surface area contributed by atoms with Crippen molar-refractivity contribution in [3.8, 4) is 5.75 Å². The second kappa shape index (κ2) is 8.17. The summed E-state index contributed by atoms with van der Waals surface area (Å²) in [7, 11) is 0. The van der Waals surface area contributed by atoms with Gasteiger partial charge >= 0.3 is 5.97 Å². The van der Waals surface area contributed by atoms with Crippen molar-refractivity contribution in [2.24, 2.45) is 11.8 Å². The van der Waals surface area contributed by atoms with Crippen LogP contribution in [0.4, 0.5) is 0 Å². The van der Waals surface area contributed by atoms with Crippen LogP contribution in [0.25, 0.3) is 0 Å². The first-order chi connectivity index (χ1) is 11.1. The molecule has 1 aromatic carbocycles. The Hall–Kier alpha value is -2.57. The van der Waals surface area contributed by atoms with Crippen molar-refractivity contribution in [3.63, 3.8) is 0 Å². The Balaban J connectivity index is 1.76. The van der Waals surface area contributed by atoms with E-state index < -0.39 is 29.6 Å². The largest absolute Gasteiger partial charge is 0.484 e. The SMILES string of the molecule is O=C(COc1ccccc1)NNC(=O)[C@H]1CCCC[C@H]1C(=O)O. The second-order valence-electron chi connectivity index (χ2n) is 5.47. The number of hydrogen-bond acceptors (Lipinski definition) is 4. The van der Waals surface area contributed by atoms with Crippen molar-refractivity contribution in [3.05, 3.63) is 30.3 Å². The molecule has 1 aromatic rings. The van der Waals surface area contributed by atoms with Crippen LogP contribution >= 0.6 is 0 Å². The maximum atomic E-state index is 12.1. The summed E-state index contributed by atoms with van der Waals surface area (Å²) in [5.41, 5.74) is 4.54. The summed E-state index contributed by atoms with van der Waals surface area (Å²) in [4.78, 5) is 34.9. The van der Waals surface area contributed by atoms with Gasteiger partial charge in [-0.1, -0.05) is 31.0 Å². The van der Waals surface area contributed by atoms with Gasteiger partial charge in [-0.05, 0) is 25.0 Å². The molecule has 2 rings (SSSR count). The lowest BCUT2D eigenvalue weighted by Crippen LogP contribution is -2.49. The topological polar surface area (TPSA) is 105 Å². The van der Waals surface area contributed by atoms with Gasteiger partial charge in [0.05, 0.1) is 11.8 Å². The van der Waals surface area contributed by atoms with Gasteiger partial charge in [0.2, 0.25) is 5.91 Å². The Morgan fingerprint density at radius 2 is 1.70 bits per heavy atom. The Morgan fingerprint density at radius 3 is 2.35 bits per heavy atom. The number of carbonyl (C=O) groups excluding carboxylic acids is 2. The molecule has 2 amide bonds. The summed E-state index contributed by atoms with van der Waals surface area (Å²) < 4.78 is 5.25. The average Bonchev–Trinajstić information content (AvgIpc) is 2.58. The molecule has 124 valence electrons. The molecule has 0 radical (unpaired) electrons. The number of hydrazine groups is 1. The van der Waals surface area contributed by atoms with Crippen molar-refractivity contribution in [2.45, 2.75) is 25.7 Å². The Bertz CT molecular complexity index is 561. The van der Waals surface area contributed by atoms with Crippen molar-refractivity contribution in [1.29, 1.82) is 0 Å². The molecule has 0 unspecified atom stereocenters. The monoisotopic (exact) mass is 320 g/mol. The molecular weight excluding hydrogens is 300 g/mol. The molecular formula is C16H20N2O5. The molecule has 2 atom stereocenters. The van der Waals surface area contributed by atoms with Crippen LogP contribution in [0, 0.1) is 11.8 Å². The number of aliphatic carboxylic acids is 1. The van der Waals surface area contributed by atoms with Gasteiger partial charge in [-0.25, -0.2) is 0 Å². The third-order valence-corrected chi connectivity index (χ3v) is 3.86. The van der Waals surface area contributed by atoms with E-state index in [1.54, 1.807) is 24.3 Å². The van der Waals surface area contributed by atoms with Crippen LogP contribution in [0.1, 0.15) is 25.7 Å². The first kappa shape index (κ1) is 16.8. The minimum Gasteiger partial charge on any atom is -0.484 e. The highest BCUT2D eigenvalue weighted by Gasteiger charge is 2.35. The van der Waals surface area contributed by atoms with E-state index in [0.717, 1.165) is 12.8 Å². The highest BCUT2D eigenvalue weighted by Crippen LogP contribution is 2.30. The maximum absolute atomic E-state index is 12.1. The molecule has 1 saturated carbocycles. The molecule has 0 spiro atoms. The van der Waals surface area contributed by atoms with E-state index in [0.29, 0.717) is 18.6 Å². The molecule has 3 N–H and O–H groups in total. The summed E-state index contributed by atoms with van der Waals surface area (Å²) in [6, 6.07) is 8.82. The summed E-state index contributed by atoms with van der Waals surface area (Å²) in [6.07, 6.45) is 2.61. The fourth-order valence-corrected chi connectivity index (χ4v) is 2.67. The molecule has 0 aromatic heterocycles. The number of carboxylic acid groups (broad SMARTS) is 1. The van der Waals surface area contributed by atoms with Gasteiger partial charge in [-0.15, -0.1) is 0 Å². The average molecular weight is 320 g/mol. The lowest BCUT2D eigenvalue weighted by molar-refractivity contribution is -0.149. The van der Waals surface area contributed by atoms with Crippen LogP contribution < -0.4 is 15.6 Å². The molecule has 0 saturated heterocycles. The molecule has 0 bridgehead atoms. The molecule has 0 aliphatic heterocycles. The normalized spacial score (nSPS) is 20.3. The molecule has 1 aliphatic carbocycles. The summed E-state index contributed by atoms with van der Waals surface area (Å²) in [5.74, 6) is -2.70. The number of ether oxygens (including phenoxy) is 1. The highest BCUT2D eigenvalue weighted by molar-refractivity contribution is 5.87. The molecule has 7 nitrogen and oxygen atoms in total. The fraction of sp³-hybridized carbons (Fsp3) is 0.438. The third kappa shape index (κ3) is 4.98. The third-order valence-electron chi connectivity index (χ3n) is 3.86. The van der Waals surface area contributed by atoms with E-state index in [-0.39, 0.29) is 6.61 Å². The fourth-order valence-electron chi connectivity index (χ4n) is 2.67. The standard InChI is InChI=1S/C16H20N2O5/c19-14(10-23-11-6-2-1-3-7-11)17-18-15(20)12-8-4-5-9-13(12)16(21)22/h1-3,6-7,12-13H,4-5,8-10H2,(H,17,19)(H,18,20)(H,21,22)/t12-,13+/m0/s1. The molecule has 0 heterocycles. The predicted molar refractivity (Wildman–Crippen MR) is 81.3 cm³/mol. The number of para-hydroxylation sites is 1. The van der Waals surface area contributed by atoms with Crippen LogP contribution in [-0.4, -0.2) is 29.5 Å². The van der Waals surface area contributed by atoms with Crippen molar-refractivity contribution < 1.29 is 24.2 Å². The van der Waals surface area contributed by atoms with Gasteiger partial charge in [-0.3, -0.25) is 25.2 Å². The van der Waals surface area contributed by atoms with E-state index in [2.05, 4.69) is 10.9 Å². The van der Waals surface area contributed by atoms with Crippen LogP contribution in [0.2, 0.25) is 0 Å². The number of rotatable bonds is 5. The number of benzene rings is 1. The Kier molecular flexibility index (Phi) is 5.96. The minimum absolute atomic E-state index is 0.239. The maximum Gasteiger partial charge on any atom is 0.307 e. The van der Waals surface area contributed by atoms with Gasteiger partial charge in [0, 0.05) is 0 Å². The lowest BCUT2D eigenvalue weighted by atomic mass is 9.79. The van der Waals surface area contributed by atoms with Crippen LogP contribution in [0.5, 0.6) is 5.75 Å². The van der Waals surface area contributed by atoms with E-state index in [1.807, 2.05) is 6.07 Å². The van der Waals surface area contributed by atoms with Crippen LogP contribution in [0.3, 0.4) is 0 Å². The quantitative estimate of drug-likeness (QED) is 0.705. The van der Waals surface area contributed by atoms with Gasteiger partial charge in [0.25, 0.3) is 5.91 Å². The summed E-state index contributed by atoms with van der Waals surface area (Å²) in [5, 5.41) is 9.16. The summed E-state index contributed by atoms with van der Waals surface area (Å²) >= 11 is 0. The predicted octanol–water partition coefficient (Wildman–Crippen LogP) is 1.10. The molecule has 23 heavy (non-hydrogen) atoms. The summed E-state index contributed by atoms with van der Waals surface area (Å²) in [6.45, 7) is -0.239. The molecule has 1 fully saturated rings. The van der Waals surface area contributed by atoms with Gasteiger partial charge < -0.3 is 9.84 Å². The first-order valence-corrected chi connectivity index (χ1v) is 7.57. The second-order valence-corrected chi connectivity index (χ2v) is 5.47. The van der Waals surface area contributed by atoms with Crippen molar-refractivity contribution in [1.82, 2.24) is 10.9 Å². The Labute approximate surface area is 134 Å². The minimum atomic E-state index is -0.969. The van der Waals surface area contributed by atoms with E-state index in [9.17, 15) is 14.4 Å². The van der Waals surface area contributed by atoms with Gasteiger partial charge in [0.1, 0.15) is 5.75 Å². The first-order valence-electron chi connectivity index (χ1n) is 7.57. The zero-order valence-corrected chi connectivity index (χ0v) is 12.7. The van der Waals surface area contributed by atoms with Crippen molar-refractivity contribution in [2.75, 3.05) is 6.61 Å². The van der Waals surface area contributed by atoms with Crippen LogP contribution in [0.15, 0.2) is 30.3 Å². The lowest BCUT2D eigenvalue weighted by Gasteiger charge is -2.27. The number of carbonyl (C=O) groups is 3. The van der Waals surface area contributed by atoms with E-state index >= 15 is 0 Å². The Morgan fingerprint density at radius 1 is 1.04 bits per heavy atom. The zero-order valence-electron chi connectivity index (χ0n) is 12.7. The van der Waals surface area contributed by atoms with E-state index in [1.165, 1.54) is 0 Å². The van der Waals surface area contributed by atoms with Crippen molar-refractivity contribution >= 4 is 17.8 Å². The smallest absolute Gasteiger partial charge is 0.307 e.